The molecule has 0 aromatic heterocycles. The zero-order valence-corrected chi connectivity index (χ0v) is 17.6. The van der Waals surface area contributed by atoms with E-state index in [4.69, 9.17) is 9.47 Å². The van der Waals surface area contributed by atoms with Crippen LogP contribution in [0.5, 0.6) is 11.5 Å². The first-order chi connectivity index (χ1) is 13.0. The molecule has 0 aliphatic rings. The Morgan fingerprint density at radius 1 is 0.963 bits per heavy atom. The van der Waals surface area contributed by atoms with E-state index in [1.807, 2.05) is 36.4 Å². The van der Waals surface area contributed by atoms with Crippen LogP contribution in [0, 0.1) is 5.82 Å². The molecule has 27 heavy (non-hydrogen) atoms. The number of aliphatic imine (C=N–C) groups is 1. The lowest BCUT2D eigenvalue weighted by Gasteiger charge is -2.11. The number of hydrogen-bond donors (Lipinski definition) is 0. The standard InChI is InChI=1S/C21H16Br2FNO2/c1-26-18-8-6-17(7-9-18)25-12-15-10-19(22)21(20(23)11-15)27-13-14-2-4-16(24)5-3-14/h2-12H,13H2,1H3. The van der Waals surface area contributed by atoms with Gasteiger partial charge in [0.05, 0.1) is 21.7 Å². The quantitative estimate of drug-likeness (QED) is 0.359. The van der Waals surface area contributed by atoms with Gasteiger partial charge in [0, 0.05) is 6.21 Å². The molecule has 0 atom stereocenters. The van der Waals surface area contributed by atoms with Crippen molar-refractivity contribution in [3.8, 4) is 11.5 Å². The number of ether oxygens (including phenoxy) is 2. The molecule has 3 rings (SSSR count). The highest BCUT2D eigenvalue weighted by molar-refractivity contribution is 9.11. The van der Waals surface area contributed by atoms with Crippen LogP contribution in [0.15, 0.2) is 74.6 Å². The van der Waals surface area contributed by atoms with Crippen molar-refractivity contribution in [3.63, 3.8) is 0 Å². The summed E-state index contributed by atoms with van der Waals surface area (Å²) in [6.45, 7) is 0.344. The minimum atomic E-state index is -0.262. The Morgan fingerprint density at radius 2 is 1.59 bits per heavy atom. The number of nitrogens with zero attached hydrogens (tertiary/aromatic N) is 1. The first kappa shape index (κ1) is 19.6. The fourth-order valence-corrected chi connectivity index (χ4v) is 3.80. The van der Waals surface area contributed by atoms with Crippen LogP contribution < -0.4 is 9.47 Å². The summed E-state index contributed by atoms with van der Waals surface area (Å²) >= 11 is 7.07. The lowest BCUT2D eigenvalue weighted by molar-refractivity contribution is 0.302. The second-order valence-corrected chi connectivity index (χ2v) is 7.39. The summed E-state index contributed by atoms with van der Waals surface area (Å²) < 4.78 is 25.6. The molecular weight excluding hydrogens is 477 g/mol. The van der Waals surface area contributed by atoms with Crippen LogP contribution in [-0.4, -0.2) is 13.3 Å². The molecule has 3 aromatic carbocycles. The van der Waals surface area contributed by atoms with E-state index in [9.17, 15) is 4.39 Å². The van der Waals surface area contributed by atoms with Crippen molar-refractivity contribution in [2.24, 2.45) is 4.99 Å². The van der Waals surface area contributed by atoms with E-state index in [-0.39, 0.29) is 5.82 Å². The van der Waals surface area contributed by atoms with Crippen molar-refractivity contribution in [1.29, 1.82) is 0 Å². The van der Waals surface area contributed by atoms with Crippen LogP contribution in [0.3, 0.4) is 0 Å². The van der Waals surface area contributed by atoms with Gasteiger partial charge in [-0.15, -0.1) is 0 Å². The highest BCUT2D eigenvalue weighted by Gasteiger charge is 2.09. The SMILES string of the molecule is COc1ccc(N=Cc2cc(Br)c(OCc3ccc(F)cc3)c(Br)c2)cc1. The summed E-state index contributed by atoms with van der Waals surface area (Å²) in [5.74, 6) is 1.21. The van der Waals surface area contributed by atoms with Crippen LogP contribution in [0.25, 0.3) is 0 Å². The highest BCUT2D eigenvalue weighted by Crippen LogP contribution is 2.35. The van der Waals surface area contributed by atoms with E-state index in [2.05, 4.69) is 36.9 Å². The minimum absolute atomic E-state index is 0.262. The van der Waals surface area contributed by atoms with Gasteiger partial charge < -0.3 is 9.47 Å². The molecule has 138 valence electrons. The predicted octanol–water partition coefficient (Wildman–Crippen LogP) is 6.69. The van der Waals surface area contributed by atoms with Crippen molar-refractivity contribution in [2.45, 2.75) is 6.61 Å². The van der Waals surface area contributed by atoms with E-state index in [1.54, 1.807) is 25.5 Å². The molecule has 0 N–H and O–H groups in total. The Kier molecular flexibility index (Phi) is 6.63. The largest absolute Gasteiger partial charge is 0.497 e. The van der Waals surface area contributed by atoms with E-state index in [1.165, 1.54) is 12.1 Å². The van der Waals surface area contributed by atoms with Crippen LogP contribution in [0.4, 0.5) is 10.1 Å². The van der Waals surface area contributed by atoms with Gasteiger partial charge >= 0.3 is 0 Å². The molecule has 0 radical (unpaired) electrons. The normalized spacial score (nSPS) is 11.0. The fourth-order valence-electron chi connectivity index (χ4n) is 2.35. The van der Waals surface area contributed by atoms with Crippen LogP contribution in [0.2, 0.25) is 0 Å². The Hall–Kier alpha value is -2.18. The van der Waals surface area contributed by atoms with Gasteiger partial charge in [0.15, 0.2) is 0 Å². The number of benzene rings is 3. The van der Waals surface area contributed by atoms with Crippen LogP contribution in [-0.2, 0) is 6.61 Å². The minimum Gasteiger partial charge on any atom is -0.497 e. The van der Waals surface area contributed by atoms with Gasteiger partial charge in [0.2, 0.25) is 0 Å². The molecule has 0 saturated heterocycles. The first-order valence-corrected chi connectivity index (χ1v) is 9.68. The molecule has 0 bridgehead atoms. The number of halogens is 3. The van der Waals surface area contributed by atoms with Crippen LogP contribution in [0.1, 0.15) is 11.1 Å². The van der Waals surface area contributed by atoms with Gasteiger partial charge in [-0.3, -0.25) is 4.99 Å². The van der Waals surface area contributed by atoms with Gasteiger partial charge in [0.1, 0.15) is 23.9 Å². The lowest BCUT2D eigenvalue weighted by Crippen LogP contribution is -1.98. The van der Waals surface area contributed by atoms with Crippen molar-refractivity contribution < 1.29 is 13.9 Å². The molecule has 0 unspecified atom stereocenters. The monoisotopic (exact) mass is 491 g/mol. The van der Waals surface area contributed by atoms with Crippen LogP contribution >= 0.6 is 31.9 Å². The molecular formula is C21H16Br2FNO2. The molecule has 0 heterocycles. The first-order valence-electron chi connectivity index (χ1n) is 8.09. The predicted molar refractivity (Wildman–Crippen MR) is 113 cm³/mol. The third-order valence-corrected chi connectivity index (χ3v) is 4.93. The Morgan fingerprint density at radius 3 is 2.19 bits per heavy atom. The Labute approximate surface area is 174 Å². The second kappa shape index (κ2) is 9.15. The molecule has 0 saturated carbocycles. The highest BCUT2D eigenvalue weighted by atomic mass is 79.9. The average Bonchev–Trinajstić information content (AvgIpc) is 2.67. The third-order valence-electron chi connectivity index (χ3n) is 3.75. The number of methoxy groups -OCH3 is 1. The maximum absolute atomic E-state index is 13.0. The molecule has 0 aliphatic carbocycles. The molecule has 0 spiro atoms. The van der Waals surface area contributed by atoms with E-state index >= 15 is 0 Å². The molecule has 0 amide bonds. The Bertz CT molecular complexity index is 918. The summed E-state index contributed by atoms with van der Waals surface area (Å²) in [6, 6.07) is 17.6. The van der Waals surface area contributed by atoms with E-state index < -0.39 is 0 Å². The summed E-state index contributed by atoms with van der Waals surface area (Å²) in [7, 11) is 1.63. The number of hydrogen-bond acceptors (Lipinski definition) is 3. The third kappa shape index (κ3) is 5.40. The van der Waals surface area contributed by atoms with E-state index in [0.717, 1.165) is 31.5 Å². The van der Waals surface area contributed by atoms with Gasteiger partial charge in [0.25, 0.3) is 0 Å². The molecule has 3 nitrogen and oxygen atoms in total. The average molecular weight is 493 g/mol. The molecule has 0 fully saturated rings. The van der Waals surface area contributed by atoms with Gasteiger partial charge in [-0.2, -0.15) is 0 Å². The summed E-state index contributed by atoms with van der Waals surface area (Å²) in [6.07, 6.45) is 1.78. The van der Waals surface area contributed by atoms with Crippen molar-refractivity contribution >= 4 is 43.8 Å². The van der Waals surface area contributed by atoms with Gasteiger partial charge in [-0.1, -0.05) is 12.1 Å². The zero-order valence-electron chi connectivity index (χ0n) is 14.5. The zero-order chi connectivity index (χ0) is 19.2. The number of rotatable bonds is 6. The molecule has 6 heteroatoms. The maximum Gasteiger partial charge on any atom is 0.148 e. The second-order valence-electron chi connectivity index (χ2n) is 5.69. The summed E-state index contributed by atoms with van der Waals surface area (Å²) in [4.78, 5) is 4.47. The Balaban J connectivity index is 1.71. The molecule has 0 aliphatic heterocycles. The molecule has 3 aromatic rings. The van der Waals surface area contributed by atoms with Crippen molar-refractivity contribution in [3.05, 3.63) is 86.6 Å². The maximum atomic E-state index is 13.0. The fraction of sp³-hybridized carbons (Fsp3) is 0.0952. The van der Waals surface area contributed by atoms with Crippen molar-refractivity contribution in [2.75, 3.05) is 7.11 Å². The lowest BCUT2D eigenvalue weighted by atomic mass is 10.2. The topological polar surface area (TPSA) is 30.8 Å². The van der Waals surface area contributed by atoms with Gasteiger partial charge in [-0.05, 0) is 91.5 Å². The smallest absolute Gasteiger partial charge is 0.148 e. The van der Waals surface area contributed by atoms with E-state index in [0.29, 0.717) is 12.4 Å². The van der Waals surface area contributed by atoms with Gasteiger partial charge in [-0.25, -0.2) is 4.39 Å². The summed E-state index contributed by atoms with van der Waals surface area (Å²) in [5.41, 5.74) is 2.64. The van der Waals surface area contributed by atoms with Crippen molar-refractivity contribution in [1.82, 2.24) is 0 Å². The summed E-state index contributed by atoms with van der Waals surface area (Å²) in [5, 5.41) is 0.